The Morgan fingerprint density at radius 1 is 0.448 bits per heavy atom. The molecule has 137 valence electrons. The number of rotatable bonds is 4. The van der Waals surface area contributed by atoms with Crippen molar-refractivity contribution in [2.75, 3.05) is 4.90 Å². The Morgan fingerprint density at radius 2 is 1.03 bits per heavy atom. The van der Waals surface area contributed by atoms with Crippen LogP contribution < -0.4 is 4.90 Å². The zero-order valence-corrected chi connectivity index (χ0v) is 16.0. The molecule has 0 bridgehead atoms. The summed E-state index contributed by atoms with van der Waals surface area (Å²) in [6, 6.07) is 45.5. The van der Waals surface area contributed by atoms with Crippen molar-refractivity contribution in [3.05, 3.63) is 127 Å². The fourth-order valence-corrected chi connectivity index (χ4v) is 3.72. The van der Waals surface area contributed by atoms with E-state index in [1.54, 1.807) is 0 Å². The maximum atomic E-state index is 3.11. The number of fused-ring (bicyclic) bond motifs is 1. The van der Waals surface area contributed by atoms with Crippen molar-refractivity contribution >= 4 is 27.8 Å². The molecule has 1 nitrogen and oxygen atoms in total. The summed E-state index contributed by atoms with van der Waals surface area (Å²) in [5, 5.41) is 2.53. The van der Waals surface area contributed by atoms with Crippen LogP contribution in [-0.4, -0.2) is 0 Å². The molecule has 0 aliphatic carbocycles. The second-order valence-corrected chi connectivity index (χ2v) is 7.04. The van der Waals surface area contributed by atoms with Gasteiger partial charge in [0.2, 0.25) is 0 Å². The summed E-state index contributed by atoms with van der Waals surface area (Å²) in [7, 11) is 0. The number of para-hydroxylation sites is 1. The van der Waals surface area contributed by atoms with Crippen molar-refractivity contribution < 1.29 is 0 Å². The number of nitrogens with zero attached hydrogens (tertiary/aromatic N) is 1. The molecule has 0 aliphatic heterocycles. The van der Waals surface area contributed by atoms with Crippen LogP contribution in [0, 0.1) is 6.07 Å². The Bertz CT molecular complexity index is 1190. The van der Waals surface area contributed by atoms with Crippen molar-refractivity contribution in [3.63, 3.8) is 0 Å². The van der Waals surface area contributed by atoms with Gasteiger partial charge in [-0.25, -0.2) is 0 Å². The first-order chi connectivity index (χ1) is 14.4. The fraction of sp³-hybridized carbons (Fsp3) is 0. The third kappa shape index (κ3) is 3.51. The lowest BCUT2D eigenvalue weighted by molar-refractivity contribution is 1.28. The summed E-state index contributed by atoms with van der Waals surface area (Å²) in [5.74, 6) is 0. The summed E-state index contributed by atoms with van der Waals surface area (Å²) < 4.78 is 0. The SMILES string of the molecule is [c]1ccc(N(c2ccccc2)c2ccc(-c3ccc4ccccc4c3)cc2)cc1. The monoisotopic (exact) mass is 370 g/mol. The molecule has 5 aromatic rings. The van der Waals surface area contributed by atoms with Gasteiger partial charge in [-0.15, -0.1) is 0 Å². The van der Waals surface area contributed by atoms with Crippen molar-refractivity contribution in [1.29, 1.82) is 0 Å². The molecule has 29 heavy (non-hydrogen) atoms. The fourth-order valence-electron chi connectivity index (χ4n) is 3.72. The van der Waals surface area contributed by atoms with Gasteiger partial charge in [-0.1, -0.05) is 78.9 Å². The molecule has 0 saturated heterocycles. The minimum Gasteiger partial charge on any atom is -0.311 e. The number of hydrogen-bond donors (Lipinski definition) is 0. The predicted octanol–water partition coefficient (Wildman–Crippen LogP) is 7.78. The second kappa shape index (κ2) is 7.65. The van der Waals surface area contributed by atoms with Crippen LogP contribution in [0.2, 0.25) is 0 Å². The molecule has 0 aromatic heterocycles. The van der Waals surface area contributed by atoms with Crippen LogP contribution in [0.15, 0.2) is 121 Å². The average Bonchev–Trinajstić information content (AvgIpc) is 2.81. The maximum absolute atomic E-state index is 3.11. The van der Waals surface area contributed by atoms with Crippen LogP contribution in [0.5, 0.6) is 0 Å². The standard InChI is InChI=1S/C28H20N/c1-3-11-26(12-4-1)29(27-13-5-2-6-14-27)28-19-17-23(18-20-28)25-16-15-22-9-7-8-10-24(22)21-25/h1,3-21H. The van der Waals surface area contributed by atoms with Crippen molar-refractivity contribution in [2.45, 2.75) is 0 Å². The van der Waals surface area contributed by atoms with E-state index in [1.165, 1.54) is 21.9 Å². The molecule has 0 amide bonds. The van der Waals surface area contributed by atoms with Crippen molar-refractivity contribution in [1.82, 2.24) is 0 Å². The molecule has 5 rings (SSSR count). The number of anilines is 3. The van der Waals surface area contributed by atoms with Crippen molar-refractivity contribution in [3.8, 4) is 11.1 Å². The lowest BCUT2D eigenvalue weighted by Crippen LogP contribution is -2.09. The molecule has 1 radical (unpaired) electrons. The summed E-state index contributed by atoms with van der Waals surface area (Å²) >= 11 is 0. The molecular formula is C28H20N. The van der Waals surface area contributed by atoms with Gasteiger partial charge in [0.15, 0.2) is 0 Å². The Morgan fingerprint density at radius 3 is 1.79 bits per heavy atom. The Labute approximate surface area is 171 Å². The van der Waals surface area contributed by atoms with Crippen LogP contribution in [0.4, 0.5) is 17.1 Å². The largest absolute Gasteiger partial charge is 0.311 e. The average molecular weight is 370 g/mol. The van der Waals surface area contributed by atoms with E-state index in [-0.39, 0.29) is 0 Å². The third-order valence-electron chi connectivity index (χ3n) is 5.18. The highest BCUT2D eigenvalue weighted by Crippen LogP contribution is 2.35. The topological polar surface area (TPSA) is 3.24 Å². The van der Waals surface area contributed by atoms with E-state index in [4.69, 9.17) is 0 Å². The summed E-state index contributed by atoms with van der Waals surface area (Å²) in [5.41, 5.74) is 5.84. The number of benzene rings is 5. The first-order valence-corrected chi connectivity index (χ1v) is 9.79. The summed E-state index contributed by atoms with van der Waals surface area (Å²) in [6.07, 6.45) is 0. The van der Waals surface area contributed by atoms with Gasteiger partial charge in [0.05, 0.1) is 0 Å². The zero-order valence-electron chi connectivity index (χ0n) is 16.0. The molecule has 0 fully saturated rings. The Hall–Kier alpha value is -3.84. The van der Waals surface area contributed by atoms with Gasteiger partial charge in [0.25, 0.3) is 0 Å². The number of hydrogen-bond acceptors (Lipinski definition) is 1. The molecule has 0 unspecified atom stereocenters. The molecule has 0 spiro atoms. The van der Waals surface area contributed by atoms with E-state index < -0.39 is 0 Å². The highest BCUT2D eigenvalue weighted by atomic mass is 15.1. The normalized spacial score (nSPS) is 10.8. The van der Waals surface area contributed by atoms with Crippen LogP contribution >= 0.6 is 0 Å². The molecular weight excluding hydrogens is 350 g/mol. The smallest absolute Gasteiger partial charge is 0.0462 e. The molecule has 0 heterocycles. The van der Waals surface area contributed by atoms with Crippen LogP contribution in [0.25, 0.3) is 21.9 Å². The first-order valence-electron chi connectivity index (χ1n) is 9.79. The Balaban J connectivity index is 1.54. The summed E-state index contributed by atoms with van der Waals surface area (Å²) in [6.45, 7) is 0. The van der Waals surface area contributed by atoms with E-state index in [9.17, 15) is 0 Å². The van der Waals surface area contributed by atoms with E-state index in [0.717, 1.165) is 17.1 Å². The molecule has 1 heteroatoms. The van der Waals surface area contributed by atoms with Gasteiger partial charge in [-0.2, -0.15) is 0 Å². The van der Waals surface area contributed by atoms with Gasteiger partial charge < -0.3 is 4.90 Å². The molecule has 0 N–H and O–H groups in total. The highest BCUT2D eigenvalue weighted by molar-refractivity contribution is 5.87. The molecule has 0 atom stereocenters. The van der Waals surface area contributed by atoms with Crippen LogP contribution in [0.3, 0.4) is 0 Å². The van der Waals surface area contributed by atoms with E-state index in [2.05, 4.69) is 114 Å². The van der Waals surface area contributed by atoms with E-state index in [0.29, 0.717) is 0 Å². The Kier molecular flexibility index (Phi) is 4.56. The lowest BCUT2D eigenvalue weighted by Gasteiger charge is -2.25. The van der Waals surface area contributed by atoms with Gasteiger partial charge in [0.1, 0.15) is 0 Å². The first kappa shape index (κ1) is 17.3. The third-order valence-corrected chi connectivity index (χ3v) is 5.18. The van der Waals surface area contributed by atoms with E-state index in [1.807, 2.05) is 18.2 Å². The van der Waals surface area contributed by atoms with E-state index >= 15 is 0 Å². The second-order valence-electron chi connectivity index (χ2n) is 7.04. The van der Waals surface area contributed by atoms with Gasteiger partial charge in [-0.3, -0.25) is 0 Å². The minimum absolute atomic E-state index is 1.12. The lowest BCUT2D eigenvalue weighted by atomic mass is 10.0. The van der Waals surface area contributed by atoms with Crippen LogP contribution in [-0.2, 0) is 0 Å². The molecule has 5 aromatic carbocycles. The quantitative estimate of drug-likeness (QED) is 0.312. The summed E-state index contributed by atoms with van der Waals surface area (Å²) in [4.78, 5) is 2.26. The van der Waals surface area contributed by atoms with Gasteiger partial charge in [0, 0.05) is 17.1 Å². The molecule has 0 aliphatic rings. The van der Waals surface area contributed by atoms with Crippen LogP contribution in [0.1, 0.15) is 0 Å². The predicted molar refractivity (Wildman–Crippen MR) is 123 cm³/mol. The zero-order chi connectivity index (χ0) is 19.5. The minimum atomic E-state index is 1.12. The highest BCUT2D eigenvalue weighted by Gasteiger charge is 2.11. The van der Waals surface area contributed by atoms with Gasteiger partial charge in [-0.05, 0) is 70.4 Å². The van der Waals surface area contributed by atoms with Crippen molar-refractivity contribution in [2.24, 2.45) is 0 Å². The van der Waals surface area contributed by atoms with Gasteiger partial charge >= 0.3 is 0 Å². The maximum Gasteiger partial charge on any atom is 0.0462 e. The molecule has 0 saturated carbocycles.